The number of amides is 1. The highest BCUT2D eigenvalue weighted by atomic mass is 32.2. The van der Waals surface area contributed by atoms with Gasteiger partial charge in [0.15, 0.2) is 0 Å². The maximum absolute atomic E-state index is 14.2. The molecular weight excluding hydrogens is 453 g/mol. The van der Waals surface area contributed by atoms with Gasteiger partial charge in [-0.2, -0.15) is 5.26 Å². The minimum Gasteiger partial charge on any atom is -0.338 e. The van der Waals surface area contributed by atoms with Gasteiger partial charge in [-0.15, -0.1) is 0 Å². The second kappa shape index (κ2) is 8.17. The summed E-state index contributed by atoms with van der Waals surface area (Å²) in [5, 5.41) is 9.60. The smallest absolute Gasteiger partial charge is 0.256 e. The fourth-order valence-corrected chi connectivity index (χ4v) is 5.91. The summed E-state index contributed by atoms with van der Waals surface area (Å²) in [6, 6.07) is 14.3. The molecule has 2 fully saturated rings. The Balaban J connectivity index is 1.56. The Morgan fingerprint density at radius 3 is 2.41 bits per heavy atom. The van der Waals surface area contributed by atoms with E-state index in [1.165, 1.54) is 24.6 Å². The highest BCUT2D eigenvalue weighted by Crippen LogP contribution is 2.48. The van der Waals surface area contributed by atoms with Gasteiger partial charge in [-0.1, -0.05) is 24.3 Å². The predicted octanol–water partition coefficient (Wildman–Crippen LogP) is 4.25. The van der Waals surface area contributed by atoms with Gasteiger partial charge < -0.3 is 4.90 Å². The number of aromatic nitrogens is 1. The van der Waals surface area contributed by atoms with Crippen LogP contribution in [0.3, 0.4) is 0 Å². The van der Waals surface area contributed by atoms with Crippen molar-refractivity contribution in [1.29, 1.82) is 5.26 Å². The molecule has 0 atom stereocenters. The zero-order chi connectivity index (χ0) is 24.1. The summed E-state index contributed by atoms with van der Waals surface area (Å²) >= 11 is 0. The van der Waals surface area contributed by atoms with Crippen LogP contribution in [0.25, 0.3) is 22.0 Å². The highest BCUT2D eigenvalue weighted by Gasteiger charge is 2.44. The van der Waals surface area contributed by atoms with Crippen molar-refractivity contribution in [1.82, 2.24) is 9.88 Å². The van der Waals surface area contributed by atoms with E-state index in [0.717, 1.165) is 24.0 Å². The van der Waals surface area contributed by atoms with Gasteiger partial charge in [0, 0.05) is 36.5 Å². The fraction of sp³-hybridized carbons (Fsp3) is 0.346. The Labute approximate surface area is 197 Å². The standard InChI is InChI=1S/C26H24FN3O3S/c1-34(32,33)20-8-12-30(13-9-20)25(31)22-15-29-23-7-6-19(27)14-21(23)24(22)17-2-4-18(5-3-17)26(16-28)10-11-26/h2-7,14-15,20H,8-13H2,1H3. The third-order valence-electron chi connectivity index (χ3n) is 7.09. The monoisotopic (exact) mass is 477 g/mol. The molecule has 1 amide bonds. The second-order valence-corrected chi connectivity index (χ2v) is 11.6. The molecule has 34 heavy (non-hydrogen) atoms. The fourth-order valence-electron chi connectivity index (χ4n) is 4.84. The van der Waals surface area contributed by atoms with Gasteiger partial charge in [-0.05, 0) is 55.0 Å². The van der Waals surface area contributed by atoms with E-state index in [1.807, 2.05) is 24.3 Å². The van der Waals surface area contributed by atoms with Crippen LogP contribution in [0.1, 0.15) is 41.6 Å². The van der Waals surface area contributed by atoms with Crippen molar-refractivity contribution < 1.29 is 17.6 Å². The van der Waals surface area contributed by atoms with Crippen LogP contribution in [-0.2, 0) is 15.3 Å². The molecule has 5 rings (SSSR count). The lowest BCUT2D eigenvalue weighted by Gasteiger charge is -2.31. The van der Waals surface area contributed by atoms with Crippen molar-refractivity contribution >= 4 is 26.6 Å². The molecule has 1 aliphatic carbocycles. The number of nitrogens with zero attached hydrogens (tertiary/aromatic N) is 3. The van der Waals surface area contributed by atoms with Crippen LogP contribution >= 0.6 is 0 Å². The minimum absolute atomic E-state index is 0.250. The van der Waals surface area contributed by atoms with Crippen molar-refractivity contribution in [2.75, 3.05) is 19.3 Å². The molecule has 2 heterocycles. The average molecular weight is 478 g/mol. The van der Waals surface area contributed by atoms with E-state index in [2.05, 4.69) is 11.1 Å². The molecule has 0 N–H and O–H groups in total. The molecule has 0 unspecified atom stereocenters. The van der Waals surface area contributed by atoms with Crippen molar-refractivity contribution in [3.05, 3.63) is 65.6 Å². The normalized spacial score (nSPS) is 18.0. The van der Waals surface area contributed by atoms with E-state index in [1.54, 1.807) is 11.0 Å². The lowest BCUT2D eigenvalue weighted by Crippen LogP contribution is -2.42. The van der Waals surface area contributed by atoms with Crippen LogP contribution in [0.15, 0.2) is 48.7 Å². The van der Waals surface area contributed by atoms with E-state index >= 15 is 0 Å². The molecule has 6 nitrogen and oxygen atoms in total. The third-order valence-corrected chi connectivity index (χ3v) is 8.77. The number of benzene rings is 2. The minimum atomic E-state index is -3.15. The molecule has 1 aromatic heterocycles. The second-order valence-electron chi connectivity index (χ2n) is 9.30. The number of hydrogen-bond acceptors (Lipinski definition) is 5. The summed E-state index contributed by atoms with van der Waals surface area (Å²) in [5.41, 5.74) is 2.78. The quantitative estimate of drug-likeness (QED) is 0.560. The number of sulfone groups is 1. The van der Waals surface area contributed by atoms with Crippen LogP contribution in [0.5, 0.6) is 0 Å². The maximum Gasteiger partial charge on any atom is 0.256 e. The first-order valence-corrected chi connectivity index (χ1v) is 13.3. The Bertz CT molecular complexity index is 1430. The topological polar surface area (TPSA) is 91.1 Å². The van der Waals surface area contributed by atoms with E-state index in [0.29, 0.717) is 48.0 Å². The van der Waals surface area contributed by atoms with Gasteiger partial charge in [0.1, 0.15) is 15.7 Å². The lowest BCUT2D eigenvalue weighted by atomic mass is 9.91. The first-order chi connectivity index (χ1) is 16.2. The van der Waals surface area contributed by atoms with Gasteiger partial charge in [0.2, 0.25) is 0 Å². The highest BCUT2D eigenvalue weighted by molar-refractivity contribution is 7.91. The van der Waals surface area contributed by atoms with Gasteiger partial charge in [-0.3, -0.25) is 9.78 Å². The van der Waals surface area contributed by atoms with Gasteiger partial charge >= 0.3 is 0 Å². The molecular formula is C26H24FN3O3S. The number of piperidine rings is 1. The van der Waals surface area contributed by atoms with Gasteiger partial charge in [0.25, 0.3) is 5.91 Å². The summed E-state index contributed by atoms with van der Waals surface area (Å²) in [6.07, 6.45) is 5.20. The zero-order valence-electron chi connectivity index (χ0n) is 18.8. The molecule has 1 saturated heterocycles. The molecule has 0 radical (unpaired) electrons. The van der Waals surface area contributed by atoms with Crippen LogP contribution in [-0.4, -0.2) is 48.8 Å². The van der Waals surface area contributed by atoms with Crippen LogP contribution < -0.4 is 0 Å². The summed E-state index contributed by atoms with van der Waals surface area (Å²) in [7, 11) is -3.15. The summed E-state index contributed by atoms with van der Waals surface area (Å²) in [5.74, 6) is -0.674. The number of likely N-dealkylation sites (tertiary alicyclic amines) is 1. The molecule has 0 bridgehead atoms. The van der Waals surface area contributed by atoms with Crippen molar-refractivity contribution in [2.24, 2.45) is 0 Å². The third kappa shape index (κ3) is 3.94. The SMILES string of the molecule is CS(=O)(=O)C1CCN(C(=O)c2cnc3ccc(F)cc3c2-c2ccc(C3(C#N)CC3)cc2)CC1. The van der Waals surface area contributed by atoms with E-state index in [-0.39, 0.29) is 5.91 Å². The molecule has 2 aromatic carbocycles. The average Bonchev–Trinajstić information content (AvgIpc) is 3.64. The molecule has 2 aliphatic rings. The Hall–Kier alpha value is -3.31. The maximum atomic E-state index is 14.2. The predicted molar refractivity (Wildman–Crippen MR) is 127 cm³/mol. The molecule has 3 aromatic rings. The van der Waals surface area contributed by atoms with Crippen molar-refractivity contribution in [3.8, 4) is 17.2 Å². The number of fused-ring (bicyclic) bond motifs is 1. The van der Waals surface area contributed by atoms with E-state index < -0.39 is 26.3 Å². The molecule has 1 saturated carbocycles. The van der Waals surface area contributed by atoms with Crippen LogP contribution in [0.2, 0.25) is 0 Å². The number of hydrogen-bond donors (Lipinski definition) is 0. The summed E-state index contributed by atoms with van der Waals surface area (Å²) in [6.45, 7) is 0.668. The number of rotatable bonds is 4. The summed E-state index contributed by atoms with van der Waals surface area (Å²) < 4.78 is 38.0. The molecule has 1 aliphatic heterocycles. The molecule has 0 spiro atoms. The van der Waals surface area contributed by atoms with Crippen LogP contribution in [0.4, 0.5) is 4.39 Å². The Morgan fingerprint density at radius 1 is 1.15 bits per heavy atom. The Kier molecular flexibility index (Phi) is 5.40. The first-order valence-electron chi connectivity index (χ1n) is 11.3. The molecule has 174 valence electrons. The van der Waals surface area contributed by atoms with E-state index in [4.69, 9.17) is 0 Å². The lowest BCUT2D eigenvalue weighted by molar-refractivity contribution is 0.0726. The van der Waals surface area contributed by atoms with Crippen molar-refractivity contribution in [2.45, 2.75) is 36.3 Å². The number of carbonyl (C=O) groups is 1. The Morgan fingerprint density at radius 2 is 1.82 bits per heavy atom. The van der Waals surface area contributed by atoms with Crippen LogP contribution in [0, 0.1) is 17.1 Å². The van der Waals surface area contributed by atoms with Crippen molar-refractivity contribution in [3.63, 3.8) is 0 Å². The number of halogens is 1. The van der Waals surface area contributed by atoms with Gasteiger partial charge in [-0.25, -0.2) is 12.8 Å². The number of nitriles is 1. The first kappa shape index (κ1) is 22.5. The summed E-state index contributed by atoms with van der Waals surface area (Å²) in [4.78, 5) is 19.6. The van der Waals surface area contributed by atoms with Gasteiger partial charge in [0.05, 0.1) is 27.8 Å². The largest absolute Gasteiger partial charge is 0.338 e. The number of carbonyl (C=O) groups excluding carboxylic acids is 1. The number of pyridine rings is 1. The molecule has 8 heteroatoms. The zero-order valence-corrected chi connectivity index (χ0v) is 19.6. The van der Waals surface area contributed by atoms with E-state index in [9.17, 15) is 22.9 Å².